The zero-order chi connectivity index (χ0) is 9.97. The molecule has 0 aliphatic rings. The van der Waals surface area contributed by atoms with Gasteiger partial charge in [0.1, 0.15) is 0 Å². The summed E-state index contributed by atoms with van der Waals surface area (Å²) in [4.78, 5) is 3.54. The Hall–Kier alpha value is -0.820. The minimum absolute atomic E-state index is 0.713. The maximum atomic E-state index is 5.25. The summed E-state index contributed by atoms with van der Waals surface area (Å²) in [5.74, 6) is 2.65. The monoisotopic (exact) mass is 221 g/mol. The lowest BCUT2D eigenvalue weighted by Gasteiger charge is -2.10. The van der Waals surface area contributed by atoms with Gasteiger partial charge < -0.3 is 0 Å². The Morgan fingerprint density at radius 1 is 1.50 bits per heavy atom. The number of fused-ring (bicyclic) bond motifs is 1. The molecule has 0 spiro atoms. The number of hydrogen-bond donors (Lipinski definition) is 0. The van der Waals surface area contributed by atoms with Crippen LogP contribution in [0.15, 0.2) is 16.8 Å². The zero-order valence-corrected chi connectivity index (χ0v) is 9.62. The van der Waals surface area contributed by atoms with Crippen molar-refractivity contribution in [2.75, 3.05) is 13.6 Å². The van der Waals surface area contributed by atoms with Gasteiger partial charge in [-0.1, -0.05) is 5.92 Å². The van der Waals surface area contributed by atoms with Crippen molar-refractivity contribution in [2.24, 2.45) is 0 Å². The van der Waals surface area contributed by atoms with Gasteiger partial charge in [-0.05, 0) is 18.5 Å². The summed E-state index contributed by atoms with van der Waals surface area (Å²) < 4.78 is 1.39. The van der Waals surface area contributed by atoms with Gasteiger partial charge >= 0.3 is 0 Å². The summed E-state index contributed by atoms with van der Waals surface area (Å²) in [7, 11) is 2.05. The SMILES string of the molecule is C#CCN(C)Cc1cc2cscc2s1. The first kappa shape index (κ1) is 9.72. The Morgan fingerprint density at radius 3 is 3.07 bits per heavy atom. The van der Waals surface area contributed by atoms with Crippen LogP contribution in [-0.2, 0) is 6.54 Å². The lowest BCUT2D eigenvalue weighted by atomic mass is 10.3. The summed E-state index contributed by atoms with van der Waals surface area (Å²) in [5, 5.41) is 5.75. The molecule has 0 radical (unpaired) electrons. The Bertz CT molecular complexity index is 432. The number of rotatable bonds is 3. The van der Waals surface area contributed by atoms with Gasteiger partial charge in [0.15, 0.2) is 0 Å². The molecule has 0 atom stereocenters. The summed E-state index contributed by atoms with van der Waals surface area (Å²) in [6.07, 6.45) is 5.25. The van der Waals surface area contributed by atoms with Gasteiger partial charge in [-0.15, -0.1) is 17.8 Å². The van der Waals surface area contributed by atoms with Gasteiger partial charge in [0, 0.05) is 26.9 Å². The molecule has 2 rings (SSSR count). The standard InChI is InChI=1S/C11H11NS2/c1-3-4-12(2)6-10-5-9-7-13-8-11(9)14-10/h1,5,7-8H,4,6H2,2H3. The lowest BCUT2D eigenvalue weighted by molar-refractivity contribution is 0.373. The second-order valence-electron chi connectivity index (χ2n) is 3.28. The highest BCUT2D eigenvalue weighted by Gasteiger charge is 2.04. The Balaban J connectivity index is 2.12. The van der Waals surface area contributed by atoms with E-state index in [0.29, 0.717) is 6.54 Å². The van der Waals surface area contributed by atoms with E-state index in [1.807, 2.05) is 18.4 Å². The van der Waals surface area contributed by atoms with E-state index < -0.39 is 0 Å². The number of terminal acetylenes is 1. The summed E-state index contributed by atoms with van der Waals surface area (Å²) >= 11 is 3.62. The van der Waals surface area contributed by atoms with Crippen molar-refractivity contribution in [1.82, 2.24) is 4.90 Å². The first-order valence-electron chi connectivity index (χ1n) is 4.36. The van der Waals surface area contributed by atoms with Crippen molar-refractivity contribution in [3.8, 4) is 12.3 Å². The third-order valence-corrected chi connectivity index (χ3v) is 3.99. The van der Waals surface area contributed by atoms with Gasteiger partial charge in [-0.25, -0.2) is 0 Å². The van der Waals surface area contributed by atoms with Crippen LogP contribution < -0.4 is 0 Å². The number of thiophene rings is 2. The molecule has 0 saturated heterocycles. The molecule has 0 unspecified atom stereocenters. The number of nitrogens with zero attached hydrogens (tertiary/aromatic N) is 1. The summed E-state index contributed by atoms with van der Waals surface area (Å²) in [6, 6.07) is 2.25. The van der Waals surface area contributed by atoms with Crippen molar-refractivity contribution < 1.29 is 0 Å². The fraction of sp³-hybridized carbons (Fsp3) is 0.273. The Labute approximate surface area is 92.0 Å². The molecule has 0 amide bonds. The molecule has 0 bridgehead atoms. The molecule has 0 N–H and O–H groups in total. The lowest BCUT2D eigenvalue weighted by Crippen LogP contribution is -2.16. The second kappa shape index (κ2) is 4.14. The quantitative estimate of drug-likeness (QED) is 0.720. The van der Waals surface area contributed by atoms with Crippen LogP contribution in [0.4, 0.5) is 0 Å². The molecule has 2 heterocycles. The van der Waals surface area contributed by atoms with E-state index in [1.165, 1.54) is 15.0 Å². The average Bonchev–Trinajstić information content (AvgIpc) is 2.63. The summed E-state index contributed by atoms with van der Waals surface area (Å²) in [5.41, 5.74) is 0. The first-order chi connectivity index (χ1) is 6.79. The third kappa shape index (κ3) is 1.98. The van der Waals surface area contributed by atoms with Crippen molar-refractivity contribution in [1.29, 1.82) is 0 Å². The fourth-order valence-corrected chi connectivity index (χ4v) is 3.48. The highest BCUT2D eigenvalue weighted by atomic mass is 32.1. The fourth-order valence-electron chi connectivity index (χ4n) is 1.38. The highest BCUT2D eigenvalue weighted by molar-refractivity contribution is 7.22. The van der Waals surface area contributed by atoms with E-state index in [1.54, 1.807) is 11.3 Å². The molecule has 0 aliphatic heterocycles. The third-order valence-electron chi connectivity index (χ3n) is 2.00. The van der Waals surface area contributed by atoms with Crippen LogP contribution in [0.5, 0.6) is 0 Å². The van der Waals surface area contributed by atoms with Crippen LogP contribution in [0.1, 0.15) is 4.88 Å². The second-order valence-corrected chi connectivity index (χ2v) is 5.19. The predicted octanol–water partition coefficient (Wildman–Crippen LogP) is 3.03. The van der Waals surface area contributed by atoms with E-state index in [4.69, 9.17) is 6.42 Å². The van der Waals surface area contributed by atoms with Gasteiger partial charge in [0.25, 0.3) is 0 Å². The maximum Gasteiger partial charge on any atom is 0.0599 e. The van der Waals surface area contributed by atoms with Crippen LogP contribution in [0.25, 0.3) is 10.1 Å². The van der Waals surface area contributed by atoms with Crippen LogP contribution >= 0.6 is 22.7 Å². The smallest absolute Gasteiger partial charge is 0.0599 e. The van der Waals surface area contributed by atoms with E-state index in [-0.39, 0.29) is 0 Å². The molecule has 0 saturated carbocycles. The van der Waals surface area contributed by atoms with Crippen molar-refractivity contribution in [3.05, 3.63) is 21.7 Å². The van der Waals surface area contributed by atoms with Crippen LogP contribution in [0.3, 0.4) is 0 Å². The molecule has 0 aliphatic carbocycles. The normalized spacial score (nSPS) is 10.9. The van der Waals surface area contributed by atoms with E-state index in [9.17, 15) is 0 Å². The Kier molecular flexibility index (Phi) is 2.87. The van der Waals surface area contributed by atoms with E-state index in [0.717, 1.165) is 6.54 Å². The van der Waals surface area contributed by atoms with Gasteiger partial charge in [-0.3, -0.25) is 4.90 Å². The zero-order valence-electron chi connectivity index (χ0n) is 7.99. The average molecular weight is 221 g/mol. The first-order valence-corrected chi connectivity index (χ1v) is 6.12. The van der Waals surface area contributed by atoms with Gasteiger partial charge in [-0.2, -0.15) is 11.3 Å². The van der Waals surface area contributed by atoms with Crippen molar-refractivity contribution in [3.63, 3.8) is 0 Å². The molecule has 2 aromatic heterocycles. The molecule has 0 fully saturated rings. The Morgan fingerprint density at radius 2 is 2.36 bits per heavy atom. The molecule has 3 heteroatoms. The van der Waals surface area contributed by atoms with Crippen LogP contribution in [0.2, 0.25) is 0 Å². The molecule has 72 valence electrons. The van der Waals surface area contributed by atoms with E-state index in [2.05, 4.69) is 27.6 Å². The summed E-state index contributed by atoms with van der Waals surface area (Å²) in [6.45, 7) is 1.67. The van der Waals surface area contributed by atoms with Crippen molar-refractivity contribution in [2.45, 2.75) is 6.54 Å². The highest BCUT2D eigenvalue weighted by Crippen LogP contribution is 2.29. The molecular weight excluding hydrogens is 210 g/mol. The van der Waals surface area contributed by atoms with Gasteiger partial charge in [0.05, 0.1) is 6.54 Å². The number of hydrogen-bond acceptors (Lipinski definition) is 3. The molecule has 0 aromatic carbocycles. The molecule has 14 heavy (non-hydrogen) atoms. The predicted molar refractivity (Wildman–Crippen MR) is 64.9 cm³/mol. The maximum absolute atomic E-state index is 5.25. The largest absolute Gasteiger partial charge is 0.290 e. The van der Waals surface area contributed by atoms with Gasteiger partial charge in [0.2, 0.25) is 0 Å². The molecule has 1 nitrogen and oxygen atoms in total. The van der Waals surface area contributed by atoms with Crippen LogP contribution in [-0.4, -0.2) is 18.5 Å². The van der Waals surface area contributed by atoms with Crippen LogP contribution in [0, 0.1) is 12.3 Å². The minimum Gasteiger partial charge on any atom is -0.290 e. The molecular formula is C11H11NS2. The van der Waals surface area contributed by atoms with E-state index >= 15 is 0 Å². The molecule has 2 aromatic rings. The van der Waals surface area contributed by atoms with Crippen molar-refractivity contribution >= 4 is 32.8 Å². The topological polar surface area (TPSA) is 3.24 Å². The minimum atomic E-state index is 0.713.